The fourth-order valence-electron chi connectivity index (χ4n) is 2.08. The number of hydrogen-bond acceptors (Lipinski definition) is 3. The Balaban J connectivity index is 2.16. The fourth-order valence-corrected chi connectivity index (χ4v) is 3.07. The van der Waals surface area contributed by atoms with Gasteiger partial charge in [-0.05, 0) is 31.4 Å². The zero-order chi connectivity index (χ0) is 12.5. The fraction of sp³-hybridized carbons (Fsp3) is 0.643. The summed E-state index contributed by atoms with van der Waals surface area (Å²) in [5.41, 5.74) is 1.35. The maximum Gasteiger partial charge on any atom is 0.128 e. The van der Waals surface area contributed by atoms with E-state index in [9.17, 15) is 0 Å². The van der Waals surface area contributed by atoms with Crippen LogP contribution in [-0.2, 0) is 0 Å². The molecule has 0 saturated carbocycles. The highest BCUT2D eigenvalue weighted by molar-refractivity contribution is 8.00. The largest absolute Gasteiger partial charge is 0.357 e. The Labute approximate surface area is 109 Å². The number of aryl methyl sites for hydroxylation is 1. The summed E-state index contributed by atoms with van der Waals surface area (Å²) >= 11 is 1.90. The standard InChI is InChI=1S/C14H22N2S/c1-11-9-13(16-7-5-6-8-16)15-10-12(11)17-14(2,3)4/h9-10H,5-8H2,1-4H3. The molecule has 0 bridgehead atoms. The first-order valence-corrected chi connectivity index (χ1v) is 7.18. The molecule has 94 valence electrons. The van der Waals surface area contributed by atoms with Gasteiger partial charge >= 0.3 is 0 Å². The van der Waals surface area contributed by atoms with Crippen molar-refractivity contribution in [3.63, 3.8) is 0 Å². The van der Waals surface area contributed by atoms with Crippen molar-refractivity contribution in [3.05, 3.63) is 17.8 Å². The van der Waals surface area contributed by atoms with E-state index in [1.807, 2.05) is 18.0 Å². The van der Waals surface area contributed by atoms with E-state index in [4.69, 9.17) is 0 Å². The molecule has 3 heteroatoms. The van der Waals surface area contributed by atoms with Gasteiger partial charge in [0.2, 0.25) is 0 Å². The van der Waals surface area contributed by atoms with Gasteiger partial charge in [0.1, 0.15) is 5.82 Å². The zero-order valence-electron chi connectivity index (χ0n) is 11.3. The molecule has 2 nitrogen and oxygen atoms in total. The van der Waals surface area contributed by atoms with Crippen LogP contribution in [0.5, 0.6) is 0 Å². The number of anilines is 1. The molecule has 0 aromatic carbocycles. The Hall–Kier alpha value is -0.700. The van der Waals surface area contributed by atoms with Gasteiger partial charge in [0, 0.05) is 28.9 Å². The smallest absolute Gasteiger partial charge is 0.128 e. The van der Waals surface area contributed by atoms with Gasteiger partial charge in [-0.15, -0.1) is 11.8 Å². The van der Waals surface area contributed by atoms with Crippen molar-refractivity contribution in [2.24, 2.45) is 0 Å². The van der Waals surface area contributed by atoms with E-state index in [1.165, 1.54) is 23.3 Å². The molecule has 1 saturated heterocycles. The number of rotatable bonds is 2. The summed E-state index contributed by atoms with van der Waals surface area (Å²) in [6.45, 7) is 11.2. The highest BCUT2D eigenvalue weighted by Crippen LogP contribution is 2.34. The summed E-state index contributed by atoms with van der Waals surface area (Å²) in [4.78, 5) is 8.30. The molecule has 0 N–H and O–H groups in total. The summed E-state index contributed by atoms with van der Waals surface area (Å²) < 4.78 is 0.252. The number of aromatic nitrogens is 1. The minimum Gasteiger partial charge on any atom is -0.357 e. The maximum atomic E-state index is 4.61. The van der Waals surface area contributed by atoms with E-state index in [2.05, 4.69) is 43.6 Å². The molecule has 2 rings (SSSR count). The Morgan fingerprint density at radius 3 is 2.41 bits per heavy atom. The van der Waals surface area contributed by atoms with Gasteiger partial charge in [-0.2, -0.15) is 0 Å². The Morgan fingerprint density at radius 2 is 1.88 bits per heavy atom. The summed E-state index contributed by atoms with van der Waals surface area (Å²) in [5.74, 6) is 1.15. The van der Waals surface area contributed by atoms with Crippen LogP contribution < -0.4 is 4.90 Å². The lowest BCUT2D eigenvalue weighted by atomic mass is 10.2. The second-order valence-corrected chi connectivity index (χ2v) is 7.59. The van der Waals surface area contributed by atoms with Gasteiger partial charge in [-0.3, -0.25) is 0 Å². The minimum absolute atomic E-state index is 0.252. The highest BCUT2D eigenvalue weighted by atomic mass is 32.2. The lowest BCUT2D eigenvalue weighted by Gasteiger charge is -2.21. The van der Waals surface area contributed by atoms with Crippen molar-refractivity contribution < 1.29 is 0 Å². The quantitative estimate of drug-likeness (QED) is 0.741. The molecule has 0 amide bonds. The molecule has 0 spiro atoms. The van der Waals surface area contributed by atoms with Gasteiger partial charge in [0.25, 0.3) is 0 Å². The highest BCUT2D eigenvalue weighted by Gasteiger charge is 2.17. The van der Waals surface area contributed by atoms with Crippen molar-refractivity contribution in [1.82, 2.24) is 4.98 Å². The predicted molar refractivity (Wildman–Crippen MR) is 76.0 cm³/mol. The summed E-state index contributed by atoms with van der Waals surface area (Å²) in [7, 11) is 0. The number of nitrogens with zero attached hydrogens (tertiary/aromatic N) is 2. The van der Waals surface area contributed by atoms with Crippen molar-refractivity contribution >= 4 is 17.6 Å². The Bertz CT molecular complexity index is 390. The van der Waals surface area contributed by atoms with Gasteiger partial charge in [0.15, 0.2) is 0 Å². The average Bonchev–Trinajstić information content (AvgIpc) is 2.72. The first kappa shape index (κ1) is 12.7. The van der Waals surface area contributed by atoms with E-state index in [0.717, 1.165) is 18.9 Å². The molecule has 1 aliphatic rings. The Morgan fingerprint density at radius 1 is 1.24 bits per heavy atom. The topological polar surface area (TPSA) is 16.1 Å². The van der Waals surface area contributed by atoms with E-state index < -0.39 is 0 Å². The molecule has 17 heavy (non-hydrogen) atoms. The third kappa shape index (κ3) is 3.38. The summed E-state index contributed by atoms with van der Waals surface area (Å²) in [6, 6.07) is 2.24. The number of pyridine rings is 1. The van der Waals surface area contributed by atoms with Crippen LogP contribution >= 0.6 is 11.8 Å². The molecule has 1 aliphatic heterocycles. The van der Waals surface area contributed by atoms with Crippen LogP contribution in [0.4, 0.5) is 5.82 Å². The molecular formula is C14H22N2S. The lowest BCUT2D eigenvalue weighted by Crippen LogP contribution is -2.19. The van der Waals surface area contributed by atoms with E-state index >= 15 is 0 Å². The summed E-state index contributed by atoms with van der Waals surface area (Å²) in [5, 5.41) is 0. The first-order chi connectivity index (χ1) is 7.96. The van der Waals surface area contributed by atoms with Crippen LogP contribution in [0.15, 0.2) is 17.2 Å². The molecule has 1 fully saturated rings. The van der Waals surface area contributed by atoms with Crippen molar-refractivity contribution in [3.8, 4) is 0 Å². The van der Waals surface area contributed by atoms with Crippen molar-refractivity contribution in [2.75, 3.05) is 18.0 Å². The number of thioether (sulfide) groups is 1. The van der Waals surface area contributed by atoms with E-state index in [0.29, 0.717) is 0 Å². The molecule has 0 unspecified atom stereocenters. The summed E-state index contributed by atoms with van der Waals surface area (Å²) in [6.07, 6.45) is 4.65. The third-order valence-electron chi connectivity index (χ3n) is 2.89. The van der Waals surface area contributed by atoms with Gasteiger partial charge in [-0.25, -0.2) is 4.98 Å². The molecule has 1 aromatic heterocycles. The van der Waals surface area contributed by atoms with Crippen LogP contribution in [-0.4, -0.2) is 22.8 Å². The SMILES string of the molecule is Cc1cc(N2CCCC2)ncc1SC(C)(C)C. The maximum absolute atomic E-state index is 4.61. The molecular weight excluding hydrogens is 228 g/mol. The normalized spacial score (nSPS) is 16.6. The van der Waals surface area contributed by atoms with Crippen LogP contribution in [0.2, 0.25) is 0 Å². The molecule has 0 radical (unpaired) electrons. The van der Waals surface area contributed by atoms with E-state index in [1.54, 1.807) is 0 Å². The van der Waals surface area contributed by atoms with Crippen molar-refractivity contribution in [1.29, 1.82) is 0 Å². The number of hydrogen-bond donors (Lipinski definition) is 0. The molecule has 0 aliphatic carbocycles. The second-order valence-electron chi connectivity index (χ2n) is 5.72. The van der Waals surface area contributed by atoms with Crippen LogP contribution in [0.25, 0.3) is 0 Å². The predicted octanol–water partition coefficient (Wildman–Crippen LogP) is 3.88. The van der Waals surface area contributed by atoms with Crippen LogP contribution in [0, 0.1) is 6.92 Å². The monoisotopic (exact) mass is 250 g/mol. The van der Waals surface area contributed by atoms with Gasteiger partial charge < -0.3 is 4.90 Å². The van der Waals surface area contributed by atoms with E-state index in [-0.39, 0.29) is 4.75 Å². The molecule has 0 atom stereocenters. The zero-order valence-corrected chi connectivity index (χ0v) is 12.1. The molecule has 1 aromatic rings. The van der Waals surface area contributed by atoms with Crippen molar-refractivity contribution in [2.45, 2.75) is 50.2 Å². The first-order valence-electron chi connectivity index (χ1n) is 6.36. The van der Waals surface area contributed by atoms with Gasteiger partial charge in [-0.1, -0.05) is 20.8 Å². The van der Waals surface area contributed by atoms with Crippen LogP contribution in [0.3, 0.4) is 0 Å². The average molecular weight is 250 g/mol. The minimum atomic E-state index is 0.252. The second kappa shape index (κ2) is 4.89. The Kier molecular flexibility index (Phi) is 3.67. The molecule has 2 heterocycles. The van der Waals surface area contributed by atoms with Gasteiger partial charge in [0.05, 0.1) is 0 Å². The third-order valence-corrected chi connectivity index (χ3v) is 4.15. The van der Waals surface area contributed by atoms with Crippen LogP contribution in [0.1, 0.15) is 39.2 Å². The lowest BCUT2D eigenvalue weighted by molar-refractivity contribution is 0.801.